The molecule has 7 nitrogen and oxygen atoms in total. The molecule has 122 valence electrons. The zero-order chi connectivity index (χ0) is 16.7. The number of carbonyl (C=O) groups is 2. The zero-order valence-electron chi connectivity index (χ0n) is 12.9. The Hall–Kier alpha value is -2.61. The van der Waals surface area contributed by atoms with E-state index in [1.165, 1.54) is 23.0 Å². The fraction of sp³-hybridized carbons (Fsp3) is 0.250. The fourth-order valence-corrected chi connectivity index (χ4v) is 3.62. The molecule has 1 aromatic carbocycles. The molecule has 24 heavy (non-hydrogen) atoms. The molecule has 0 radical (unpaired) electrons. The molecule has 0 aliphatic carbocycles. The van der Waals surface area contributed by atoms with Gasteiger partial charge in [0.05, 0.1) is 5.25 Å². The van der Waals surface area contributed by atoms with Crippen molar-refractivity contribution in [1.82, 2.24) is 20.2 Å². The third kappa shape index (κ3) is 2.39. The van der Waals surface area contributed by atoms with E-state index in [4.69, 9.17) is 4.42 Å². The second-order valence-corrected chi connectivity index (χ2v) is 6.77. The summed E-state index contributed by atoms with van der Waals surface area (Å²) in [4.78, 5) is 33.9. The normalized spacial score (nSPS) is 15.9. The smallest absolute Gasteiger partial charge is 0.324 e. The van der Waals surface area contributed by atoms with Crippen LogP contribution in [-0.2, 0) is 4.79 Å². The molecule has 4 rings (SSSR count). The summed E-state index contributed by atoms with van der Waals surface area (Å²) >= 11 is 1.27. The number of furan rings is 1. The fourth-order valence-electron chi connectivity index (χ4n) is 2.71. The monoisotopic (exact) mass is 342 g/mol. The van der Waals surface area contributed by atoms with Crippen LogP contribution in [0.2, 0.25) is 0 Å². The van der Waals surface area contributed by atoms with Gasteiger partial charge in [-0.15, -0.1) is 0 Å². The van der Waals surface area contributed by atoms with Crippen LogP contribution < -0.4 is 5.32 Å². The number of hydrogen-bond acceptors (Lipinski definition) is 6. The van der Waals surface area contributed by atoms with Crippen LogP contribution in [0.15, 0.2) is 40.0 Å². The van der Waals surface area contributed by atoms with Crippen molar-refractivity contribution in [2.45, 2.75) is 17.2 Å². The first-order chi connectivity index (χ1) is 11.6. The first-order valence-electron chi connectivity index (χ1n) is 7.53. The molecule has 1 aliphatic heterocycles. The number of hydrogen-bond donors (Lipinski definition) is 1. The first-order valence-corrected chi connectivity index (χ1v) is 8.41. The summed E-state index contributed by atoms with van der Waals surface area (Å²) in [6.45, 7) is 2.64. The molecule has 8 heteroatoms. The summed E-state index contributed by atoms with van der Waals surface area (Å²) in [5.41, 5.74) is 2.02. The lowest BCUT2D eigenvalue weighted by molar-refractivity contribution is -0.126. The highest BCUT2D eigenvalue weighted by molar-refractivity contribution is 8.00. The summed E-state index contributed by atoms with van der Waals surface area (Å²) in [6.07, 6.45) is 1.46. The van der Waals surface area contributed by atoms with Gasteiger partial charge in [0, 0.05) is 18.5 Å². The molecule has 1 fully saturated rings. The van der Waals surface area contributed by atoms with E-state index in [1.54, 1.807) is 6.92 Å². The quantitative estimate of drug-likeness (QED) is 0.581. The maximum Gasteiger partial charge on any atom is 0.324 e. The van der Waals surface area contributed by atoms with Gasteiger partial charge in [0.15, 0.2) is 5.58 Å². The molecule has 0 bridgehead atoms. The Balaban J connectivity index is 1.67. The zero-order valence-corrected chi connectivity index (χ0v) is 13.7. The number of para-hydroxylation sites is 1. The molecule has 2 aromatic heterocycles. The number of amides is 3. The first kappa shape index (κ1) is 14.9. The van der Waals surface area contributed by atoms with Gasteiger partial charge in [-0.3, -0.25) is 9.69 Å². The number of rotatable bonds is 3. The van der Waals surface area contributed by atoms with E-state index >= 15 is 0 Å². The van der Waals surface area contributed by atoms with Gasteiger partial charge in [0.25, 0.3) is 0 Å². The minimum Gasteiger partial charge on any atom is -0.451 e. The van der Waals surface area contributed by atoms with Gasteiger partial charge in [0.2, 0.25) is 5.91 Å². The Morgan fingerprint density at radius 2 is 2.21 bits per heavy atom. The van der Waals surface area contributed by atoms with Gasteiger partial charge >= 0.3 is 6.03 Å². The number of aromatic nitrogens is 2. The summed E-state index contributed by atoms with van der Waals surface area (Å²) in [7, 11) is 0. The van der Waals surface area contributed by atoms with Crippen molar-refractivity contribution in [2.75, 3.05) is 13.1 Å². The molecule has 1 aliphatic rings. The van der Waals surface area contributed by atoms with E-state index < -0.39 is 5.25 Å². The number of thioether (sulfide) groups is 1. The third-order valence-electron chi connectivity index (χ3n) is 3.88. The minimum absolute atomic E-state index is 0.238. The van der Waals surface area contributed by atoms with Crippen LogP contribution in [0, 0.1) is 0 Å². The van der Waals surface area contributed by atoms with Crippen LogP contribution in [0.25, 0.3) is 22.1 Å². The Morgan fingerprint density at radius 1 is 1.38 bits per heavy atom. The Kier molecular flexibility index (Phi) is 3.61. The Labute approximate surface area is 141 Å². The number of nitrogens with zero attached hydrogens (tertiary/aromatic N) is 3. The number of fused-ring (bicyclic) bond motifs is 3. The molecule has 1 atom stereocenters. The van der Waals surface area contributed by atoms with E-state index in [2.05, 4.69) is 15.3 Å². The third-order valence-corrected chi connectivity index (χ3v) is 4.95. The molecule has 0 saturated carbocycles. The lowest BCUT2D eigenvalue weighted by Crippen LogP contribution is -2.38. The molecular weight excluding hydrogens is 328 g/mol. The Morgan fingerprint density at radius 3 is 3.00 bits per heavy atom. The highest BCUT2D eigenvalue weighted by Gasteiger charge is 2.31. The number of urea groups is 1. The lowest BCUT2D eigenvalue weighted by Gasteiger charge is -2.16. The summed E-state index contributed by atoms with van der Waals surface area (Å²) < 4.78 is 5.86. The number of imide groups is 1. The second kappa shape index (κ2) is 5.79. The van der Waals surface area contributed by atoms with Crippen LogP contribution in [0.5, 0.6) is 0 Å². The number of carbonyl (C=O) groups excluding carboxylic acids is 2. The highest BCUT2D eigenvalue weighted by atomic mass is 32.2. The van der Waals surface area contributed by atoms with E-state index in [9.17, 15) is 9.59 Å². The SMILES string of the molecule is C[C@H](Sc1ncnc2c1oc1ccccc12)C(=O)N1CCNC1=O. The van der Waals surface area contributed by atoms with Gasteiger partial charge in [0.1, 0.15) is 22.5 Å². The van der Waals surface area contributed by atoms with Crippen LogP contribution in [0.3, 0.4) is 0 Å². The van der Waals surface area contributed by atoms with Gasteiger partial charge in [-0.2, -0.15) is 0 Å². The maximum absolute atomic E-state index is 12.4. The average Bonchev–Trinajstić information content (AvgIpc) is 3.18. The molecule has 3 aromatic rings. The standard InChI is InChI=1S/C16H14N4O3S/c1-9(15(21)20-7-6-17-16(20)22)24-14-13-12(18-8-19-14)10-4-2-3-5-11(10)23-13/h2-5,8-9H,6-7H2,1H3,(H,17,22)/t9-/m0/s1. The van der Waals surface area contributed by atoms with E-state index in [-0.39, 0.29) is 11.9 Å². The number of benzene rings is 1. The largest absolute Gasteiger partial charge is 0.451 e. The van der Waals surface area contributed by atoms with Crippen LogP contribution in [-0.4, -0.2) is 45.1 Å². The van der Waals surface area contributed by atoms with Crippen molar-refractivity contribution < 1.29 is 14.0 Å². The van der Waals surface area contributed by atoms with E-state index in [0.29, 0.717) is 23.7 Å². The van der Waals surface area contributed by atoms with Crippen LogP contribution in [0.4, 0.5) is 4.79 Å². The number of nitrogens with one attached hydrogen (secondary N) is 1. The minimum atomic E-state index is -0.458. The van der Waals surface area contributed by atoms with Crippen LogP contribution in [0.1, 0.15) is 6.92 Å². The van der Waals surface area contributed by atoms with E-state index in [1.807, 2.05) is 24.3 Å². The Bertz CT molecular complexity index is 955. The summed E-state index contributed by atoms with van der Waals surface area (Å²) in [6, 6.07) is 7.28. The summed E-state index contributed by atoms with van der Waals surface area (Å²) in [5, 5.41) is 3.68. The van der Waals surface area contributed by atoms with Crippen LogP contribution >= 0.6 is 11.8 Å². The average molecular weight is 342 g/mol. The molecule has 3 heterocycles. The van der Waals surface area contributed by atoms with Gasteiger partial charge in [-0.1, -0.05) is 23.9 Å². The van der Waals surface area contributed by atoms with Gasteiger partial charge < -0.3 is 9.73 Å². The maximum atomic E-state index is 12.4. The topological polar surface area (TPSA) is 88.3 Å². The molecule has 0 unspecified atom stereocenters. The predicted octanol–water partition coefficient (Wildman–Crippen LogP) is 2.41. The second-order valence-electron chi connectivity index (χ2n) is 5.44. The van der Waals surface area contributed by atoms with Crippen molar-refractivity contribution in [3.05, 3.63) is 30.6 Å². The highest BCUT2D eigenvalue weighted by Crippen LogP contribution is 2.34. The predicted molar refractivity (Wildman–Crippen MR) is 89.7 cm³/mol. The van der Waals surface area contributed by atoms with E-state index in [0.717, 1.165) is 16.5 Å². The van der Waals surface area contributed by atoms with Crippen molar-refractivity contribution in [1.29, 1.82) is 0 Å². The van der Waals surface area contributed by atoms with Crippen molar-refractivity contribution in [3.8, 4) is 0 Å². The summed E-state index contributed by atoms with van der Waals surface area (Å²) in [5.74, 6) is -0.238. The van der Waals surface area contributed by atoms with Crippen molar-refractivity contribution >= 4 is 45.8 Å². The van der Waals surface area contributed by atoms with Crippen molar-refractivity contribution in [3.63, 3.8) is 0 Å². The molecule has 0 spiro atoms. The molecular formula is C16H14N4O3S. The van der Waals surface area contributed by atoms with Crippen molar-refractivity contribution in [2.24, 2.45) is 0 Å². The van der Waals surface area contributed by atoms with Gasteiger partial charge in [-0.25, -0.2) is 14.8 Å². The molecule has 3 amide bonds. The van der Waals surface area contributed by atoms with Gasteiger partial charge in [-0.05, 0) is 19.1 Å². The molecule has 1 N–H and O–H groups in total. The molecule has 1 saturated heterocycles. The lowest BCUT2D eigenvalue weighted by atomic mass is 10.2.